The second-order valence-corrected chi connectivity index (χ2v) is 5.04. The van der Waals surface area contributed by atoms with Crippen LogP contribution in [0.4, 0.5) is 15.8 Å². The molecule has 1 fully saturated rings. The van der Waals surface area contributed by atoms with Gasteiger partial charge in [-0.3, -0.25) is 9.59 Å². The van der Waals surface area contributed by atoms with Crippen molar-refractivity contribution in [3.63, 3.8) is 0 Å². The number of rotatable bonds is 2. The number of carbonyl (C=O) groups is 2. The van der Waals surface area contributed by atoms with Gasteiger partial charge in [-0.15, -0.1) is 0 Å². The normalized spacial score (nSPS) is 19.3. The van der Waals surface area contributed by atoms with E-state index in [9.17, 15) is 14.0 Å². The zero-order chi connectivity index (χ0) is 13.4. The molecule has 0 bridgehead atoms. The van der Waals surface area contributed by atoms with Crippen molar-refractivity contribution in [2.45, 2.75) is 6.42 Å². The molecule has 0 saturated carbocycles. The van der Waals surface area contributed by atoms with Crippen LogP contribution in [0.15, 0.2) is 16.6 Å². The minimum absolute atomic E-state index is 0.0307. The predicted octanol–water partition coefficient (Wildman–Crippen LogP) is 1.01. The van der Waals surface area contributed by atoms with E-state index < -0.39 is 17.6 Å². The zero-order valence-corrected chi connectivity index (χ0v) is 10.9. The molecule has 1 saturated heterocycles. The van der Waals surface area contributed by atoms with Crippen molar-refractivity contribution < 1.29 is 14.0 Å². The van der Waals surface area contributed by atoms with E-state index in [0.717, 1.165) is 0 Å². The average molecular weight is 316 g/mol. The molecule has 1 aromatic carbocycles. The second-order valence-electron chi connectivity index (χ2n) is 4.13. The molecule has 1 unspecified atom stereocenters. The standard InChI is InChI=1S/C11H11BrFN3O2/c12-6-2-7(13)10(14)8(3-6)16-4-5(11(15)18)1-9(16)17/h2-3,5H,1,4,14H2,(H2,15,18). The van der Waals surface area contributed by atoms with E-state index in [4.69, 9.17) is 11.5 Å². The first-order chi connectivity index (χ1) is 8.40. The van der Waals surface area contributed by atoms with Crippen molar-refractivity contribution in [2.24, 2.45) is 11.7 Å². The Morgan fingerprint density at radius 3 is 2.72 bits per heavy atom. The smallest absolute Gasteiger partial charge is 0.227 e. The summed E-state index contributed by atoms with van der Waals surface area (Å²) in [4.78, 5) is 24.2. The molecule has 0 radical (unpaired) electrons. The van der Waals surface area contributed by atoms with Gasteiger partial charge in [0, 0.05) is 17.4 Å². The predicted molar refractivity (Wildman–Crippen MR) is 68.2 cm³/mol. The lowest BCUT2D eigenvalue weighted by molar-refractivity contribution is -0.123. The topological polar surface area (TPSA) is 89.4 Å². The highest BCUT2D eigenvalue weighted by Crippen LogP contribution is 2.34. The molecule has 4 N–H and O–H groups in total. The Morgan fingerprint density at radius 2 is 2.17 bits per heavy atom. The van der Waals surface area contributed by atoms with Crippen molar-refractivity contribution in [1.82, 2.24) is 0 Å². The van der Waals surface area contributed by atoms with Crippen LogP contribution in [0.2, 0.25) is 0 Å². The highest BCUT2D eigenvalue weighted by Gasteiger charge is 2.35. The molecule has 1 aromatic rings. The largest absolute Gasteiger partial charge is 0.395 e. The van der Waals surface area contributed by atoms with Gasteiger partial charge in [0.05, 0.1) is 17.3 Å². The molecule has 5 nitrogen and oxygen atoms in total. The number of hydrogen-bond acceptors (Lipinski definition) is 3. The Hall–Kier alpha value is -1.63. The number of carbonyl (C=O) groups excluding carboxylic acids is 2. The third-order valence-electron chi connectivity index (χ3n) is 2.89. The molecule has 2 amide bonds. The first-order valence-corrected chi connectivity index (χ1v) is 6.03. The molecule has 0 aliphatic carbocycles. The van der Waals surface area contributed by atoms with Crippen LogP contribution >= 0.6 is 15.9 Å². The summed E-state index contributed by atoms with van der Waals surface area (Å²) in [6, 6.07) is 2.75. The summed E-state index contributed by atoms with van der Waals surface area (Å²) < 4.78 is 14.0. The number of nitrogen functional groups attached to an aromatic ring is 1. The Balaban J connectivity index is 2.38. The maximum atomic E-state index is 13.5. The molecule has 0 spiro atoms. The van der Waals surface area contributed by atoms with Crippen molar-refractivity contribution in [3.8, 4) is 0 Å². The number of amides is 2. The third-order valence-corrected chi connectivity index (χ3v) is 3.35. The van der Waals surface area contributed by atoms with Gasteiger partial charge >= 0.3 is 0 Å². The fourth-order valence-corrected chi connectivity index (χ4v) is 2.34. The zero-order valence-electron chi connectivity index (χ0n) is 9.32. The van der Waals surface area contributed by atoms with Gasteiger partial charge in [0.2, 0.25) is 11.8 Å². The molecule has 7 heteroatoms. The van der Waals surface area contributed by atoms with Crippen molar-refractivity contribution in [2.75, 3.05) is 17.2 Å². The Bertz CT molecular complexity index is 535. The van der Waals surface area contributed by atoms with Crippen LogP contribution in [0.5, 0.6) is 0 Å². The molecule has 96 valence electrons. The minimum atomic E-state index is -0.616. The molecule has 0 aromatic heterocycles. The van der Waals surface area contributed by atoms with E-state index in [0.29, 0.717) is 4.47 Å². The number of benzene rings is 1. The van der Waals surface area contributed by atoms with E-state index in [2.05, 4.69) is 15.9 Å². The Labute approximate surface area is 111 Å². The van der Waals surface area contributed by atoms with Gasteiger partial charge in [-0.1, -0.05) is 15.9 Å². The fourth-order valence-electron chi connectivity index (χ4n) is 1.93. The summed E-state index contributed by atoms with van der Waals surface area (Å²) in [5.74, 6) is -2.00. The van der Waals surface area contributed by atoms with E-state index in [-0.39, 0.29) is 30.2 Å². The van der Waals surface area contributed by atoms with Crippen molar-refractivity contribution in [1.29, 1.82) is 0 Å². The van der Waals surface area contributed by atoms with Crippen LogP contribution in [-0.4, -0.2) is 18.4 Å². The maximum Gasteiger partial charge on any atom is 0.227 e. The van der Waals surface area contributed by atoms with E-state index in [1.54, 1.807) is 6.07 Å². The molecular formula is C11H11BrFN3O2. The van der Waals surface area contributed by atoms with Crippen molar-refractivity contribution in [3.05, 3.63) is 22.4 Å². The first kappa shape index (κ1) is 12.8. The van der Waals surface area contributed by atoms with E-state index >= 15 is 0 Å². The summed E-state index contributed by atoms with van der Waals surface area (Å²) in [6.07, 6.45) is 0.0307. The average Bonchev–Trinajstić information content (AvgIpc) is 2.66. The quantitative estimate of drug-likeness (QED) is 0.798. The number of halogens is 2. The SMILES string of the molecule is NC(=O)C1CC(=O)N(c2cc(Br)cc(F)c2N)C1. The van der Waals surface area contributed by atoms with E-state index in [1.165, 1.54) is 11.0 Å². The number of hydrogen-bond donors (Lipinski definition) is 2. The lowest BCUT2D eigenvalue weighted by Crippen LogP contribution is -2.29. The molecule has 1 atom stereocenters. The van der Waals surface area contributed by atoms with Crippen LogP contribution in [0.1, 0.15) is 6.42 Å². The van der Waals surface area contributed by atoms with Crippen LogP contribution < -0.4 is 16.4 Å². The second kappa shape index (κ2) is 4.56. The van der Waals surface area contributed by atoms with Gasteiger partial charge < -0.3 is 16.4 Å². The summed E-state index contributed by atoms with van der Waals surface area (Å²) in [5.41, 5.74) is 10.9. The minimum Gasteiger partial charge on any atom is -0.395 e. The maximum absolute atomic E-state index is 13.5. The van der Waals surface area contributed by atoms with Gasteiger partial charge in [-0.25, -0.2) is 4.39 Å². The van der Waals surface area contributed by atoms with Crippen LogP contribution in [-0.2, 0) is 9.59 Å². The first-order valence-electron chi connectivity index (χ1n) is 5.24. The number of nitrogens with two attached hydrogens (primary N) is 2. The molecule has 1 heterocycles. The van der Waals surface area contributed by atoms with Gasteiger partial charge in [0.15, 0.2) is 0 Å². The van der Waals surface area contributed by atoms with Crippen LogP contribution in [0.25, 0.3) is 0 Å². The molecule has 18 heavy (non-hydrogen) atoms. The molecule has 1 aliphatic rings. The molecule has 1 aliphatic heterocycles. The summed E-state index contributed by atoms with van der Waals surface area (Å²) in [7, 11) is 0. The van der Waals surface area contributed by atoms with Crippen LogP contribution in [0, 0.1) is 11.7 Å². The summed E-state index contributed by atoms with van der Waals surface area (Å²) in [6.45, 7) is 0.133. The highest BCUT2D eigenvalue weighted by molar-refractivity contribution is 9.10. The summed E-state index contributed by atoms with van der Waals surface area (Å²) >= 11 is 3.13. The Morgan fingerprint density at radius 1 is 1.50 bits per heavy atom. The fraction of sp³-hybridized carbons (Fsp3) is 0.273. The third kappa shape index (κ3) is 2.17. The van der Waals surface area contributed by atoms with Gasteiger partial charge in [-0.2, -0.15) is 0 Å². The Kier molecular flexibility index (Phi) is 3.25. The molecular weight excluding hydrogens is 305 g/mol. The van der Waals surface area contributed by atoms with Gasteiger partial charge in [0.1, 0.15) is 5.82 Å². The number of anilines is 2. The van der Waals surface area contributed by atoms with Gasteiger partial charge in [-0.05, 0) is 12.1 Å². The van der Waals surface area contributed by atoms with Gasteiger partial charge in [0.25, 0.3) is 0 Å². The monoisotopic (exact) mass is 315 g/mol. The highest BCUT2D eigenvalue weighted by atomic mass is 79.9. The lowest BCUT2D eigenvalue weighted by atomic mass is 10.1. The molecule has 2 rings (SSSR count). The van der Waals surface area contributed by atoms with E-state index in [1.807, 2.05) is 0 Å². The van der Waals surface area contributed by atoms with Crippen LogP contribution in [0.3, 0.4) is 0 Å². The summed E-state index contributed by atoms with van der Waals surface area (Å²) in [5, 5.41) is 0. The number of nitrogens with zero attached hydrogens (tertiary/aromatic N) is 1. The number of primary amides is 1. The van der Waals surface area contributed by atoms with Crippen molar-refractivity contribution >= 4 is 39.1 Å². The lowest BCUT2D eigenvalue weighted by Gasteiger charge is -2.19.